The van der Waals surface area contributed by atoms with Crippen molar-refractivity contribution in [1.29, 1.82) is 0 Å². The van der Waals surface area contributed by atoms with Crippen molar-refractivity contribution in [3.8, 4) is 0 Å². The second-order valence-electron chi connectivity index (χ2n) is 9.05. The summed E-state index contributed by atoms with van der Waals surface area (Å²) in [6.07, 6.45) is 0.615. The molecule has 3 heterocycles. The van der Waals surface area contributed by atoms with Crippen LogP contribution in [0.25, 0.3) is 0 Å². The van der Waals surface area contributed by atoms with Crippen LogP contribution in [0.2, 0.25) is 0 Å². The summed E-state index contributed by atoms with van der Waals surface area (Å²) in [6, 6.07) is 1.78. The summed E-state index contributed by atoms with van der Waals surface area (Å²) in [6.45, 7) is 3.79. The molecule has 1 unspecified atom stereocenters. The summed E-state index contributed by atoms with van der Waals surface area (Å²) in [5.74, 6) is -0.476. The molecule has 0 radical (unpaired) electrons. The minimum Gasteiger partial charge on any atom is -0.395 e. The van der Waals surface area contributed by atoms with Gasteiger partial charge in [0.1, 0.15) is 11.5 Å². The summed E-state index contributed by atoms with van der Waals surface area (Å²) in [7, 11) is 0. The number of halogens is 6. The number of hydrogen-bond donors (Lipinski definition) is 3. The molecule has 1 aliphatic carbocycles. The molecule has 4 rings (SSSR count). The van der Waals surface area contributed by atoms with Gasteiger partial charge in [-0.1, -0.05) is 32.1 Å². The Morgan fingerprint density at radius 3 is 2.48 bits per heavy atom. The SMILES string of the molecule is CC.O=C(NCCO)C1=NC(C2=CC=C3C(CNc4ccc(C(F)(F)F)cn4)=CC=NC3CC2)=C(C(F)(F)F)CC=C1. The van der Waals surface area contributed by atoms with Gasteiger partial charge in [-0.2, -0.15) is 26.3 Å². The van der Waals surface area contributed by atoms with Crippen molar-refractivity contribution in [1.82, 2.24) is 10.3 Å². The van der Waals surface area contributed by atoms with Crippen LogP contribution >= 0.6 is 0 Å². The number of hydrogen-bond acceptors (Lipinski definition) is 6. The van der Waals surface area contributed by atoms with Crippen LogP contribution in [-0.4, -0.2) is 59.8 Å². The second kappa shape index (κ2) is 14.3. The van der Waals surface area contributed by atoms with Crippen LogP contribution in [0.3, 0.4) is 0 Å². The highest BCUT2D eigenvalue weighted by molar-refractivity contribution is 6.43. The van der Waals surface area contributed by atoms with E-state index in [-0.39, 0.29) is 55.0 Å². The number of nitrogens with zero attached hydrogens (tertiary/aromatic N) is 3. The molecule has 1 amide bonds. The van der Waals surface area contributed by atoms with E-state index in [1.807, 2.05) is 13.8 Å². The van der Waals surface area contributed by atoms with E-state index < -0.39 is 35.8 Å². The van der Waals surface area contributed by atoms with Crippen molar-refractivity contribution >= 4 is 23.7 Å². The van der Waals surface area contributed by atoms with E-state index in [1.54, 1.807) is 24.4 Å². The molecule has 7 nitrogen and oxygen atoms in total. The smallest absolute Gasteiger partial charge is 0.395 e. The number of aliphatic hydroxyl groups is 1. The number of carbonyl (C=O) groups is 1. The number of aliphatic imine (C=N–C) groups is 2. The molecule has 3 aliphatic rings. The third-order valence-electron chi connectivity index (χ3n) is 6.37. The van der Waals surface area contributed by atoms with Crippen molar-refractivity contribution in [3.05, 3.63) is 82.3 Å². The molecule has 3 N–H and O–H groups in total. The lowest BCUT2D eigenvalue weighted by Gasteiger charge is -2.22. The summed E-state index contributed by atoms with van der Waals surface area (Å²) in [4.78, 5) is 24.8. The molecule has 1 aromatic heterocycles. The Morgan fingerprint density at radius 2 is 1.83 bits per heavy atom. The van der Waals surface area contributed by atoms with Gasteiger partial charge in [0, 0.05) is 25.5 Å². The highest BCUT2D eigenvalue weighted by Gasteiger charge is 2.38. The molecule has 0 saturated heterocycles. The average molecular weight is 596 g/mol. The van der Waals surface area contributed by atoms with Gasteiger partial charge in [-0.3, -0.25) is 9.79 Å². The maximum Gasteiger partial charge on any atom is 0.417 e. The van der Waals surface area contributed by atoms with Crippen molar-refractivity contribution in [2.75, 3.05) is 25.0 Å². The lowest BCUT2D eigenvalue weighted by molar-refractivity contribution is -0.137. The van der Waals surface area contributed by atoms with Gasteiger partial charge < -0.3 is 15.7 Å². The van der Waals surface area contributed by atoms with E-state index in [1.165, 1.54) is 18.2 Å². The standard InChI is InChI=1S/C27H25F6N5O2.C2H6/c28-26(29,30)18-6-9-23(37-15-18)36-14-17-10-11-34-21-8-5-16(4-7-19(17)21)24-20(27(31,32)33)2-1-3-22(38-24)25(40)35-12-13-39;1-2/h1,3-4,6-7,9-11,15,21,39H,2,5,8,12-14H2,(H,35,40)(H,36,37);1-2H3. The van der Waals surface area contributed by atoms with Crippen LogP contribution in [0, 0.1) is 0 Å². The molecule has 13 heteroatoms. The Hall–Kier alpha value is -4.00. The number of alkyl halides is 6. The number of allylic oxidation sites excluding steroid dienone is 6. The molecule has 2 aliphatic heterocycles. The summed E-state index contributed by atoms with van der Waals surface area (Å²) in [5, 5.41) is 14.3. The van der Waals surface area contributed by atoms with E-state index >= 15 is 0 Å². The maximum absolute atomic E-state index is 14.0. The van der Waals surface area contributed by atoms with Crippen molar-refractivity contribution < 1.29 is 36.2 Å². The van der Waals surface area contributed by atoms with Gasteiger partial charge in [-0.05, 0) is 60.3 Å². The molecule has 1 aromatic rings. The predicted octanol–water partition coefficient (Wildman–Crippen LogP) is 5.89. The minimum atomic E-state index is -4.69. The van der Waals surface area contributed by atoms with Gasteiger partial charge in [0.2, 0.25) is 0 Å². The van der Waals surface area contributed by atoms with Crippen LogP contribution < -0.4 is 10.6 Å². The van der Waals surface area contributed by atoms with Crippen LogP contribution in [0.15, 0.2) is 86.7 Å². The van der Waals surface area contributed by atoms with Crippen molar-refractivity contribution in [2.24, 2.45) is 9.98 Å². The number of amides is 1. The van der Waals surface area contributed by atoms with Gasteiger partial charge in [-0.25, -0.2) is 9.98 Å². The number of carbonyl (C=O) groups excluding carboxylic acids is 1. The van der Waals surface area contributed by atoms with Gasteiger partial charge in [0.05, 0.1) is 29.5 Å². The molecular formula is C29H31F6N5O2. The Kier molecular flexibility index (Phi) is 11.0. The first-order chi connectivity index (χ1) is 20.0. The number of aliphatic hydroxyl groups excluding tert-OH is 1. The van der Waals surface area contributed by atoms with E-state index in [2.05, 4.69) is 25.6 Å². The number of fused-ring (bicyclic) bond motifs is 1. The summed E-state index contributed by atoms with van der Waals surface area (Å²) < 4.78 is 80.5. The molecular weight excluding hydrogens is 564 g/mol. The molecule has 1 atom stereocenters. The number of dihydropyridines is 1. The Bertz CT molecular complexity index is 1350. The van der Waals surface area contributed by atoms with Crippen molar-refractivity contribution in [3.63, 3.8) is 0 Å². The summed E-state index contributed by atoms with van der Waals surface area (Å²) >= 11 is 0. The number of anilines is 1. The molecule has 226 valence electrons. The molecule has 0 aromatic carbocycles. The molecule has 0 fully saturated rings. The molecule has 0 saturated carbocycles. The number of pyridine rings is 1. The average Bonchev–Trinajstić information content (AvgIpc) is 3.33. The zero-order valence-electron chi connectivity index (χ0n) is 23.0. The predicted molar refractivity (Wildman–Crippen MR) is 149 cm³/mol. The zero-order chi connectivity index (χ0) is 30.9. The normalized spacial score (nSPS) is 18.7. The van der Waals surface area contributed by atoms with E-state index in [0.29, 0.717) is 6.42 Å². The fourth-order valence-electron chi connectivity index (χ4n) is 4.36. The third-order valence-corrected chi connectivity index (χ3v) is 6.37. The van der Waals surface area contributed by atoms with Gasteiger partial charge in [0.25, 0.3) is 5.91 Å². The van der Waals surface area contributed by atoms with E-state index in [4.69, 9.17) is 5.11 Å². The van der Waals surface area contributed by atoms with E-state index in [0.717, 1.165) is 23.4 Å². The first kappa shape index (κ1) is 32.5. The van der Waals surface area contributed by atoms with Crippen LogP contribution in [0.4, 0.5) is 32.2 Å². The number of aromatic nitrogens is 1. The quantitative estimate of drug-likeness (QED) is 0.343. The van der Waals surface area contributed by atoms with Gasteiger partial charge in [-0.15, -0.1) is 0 Å². The molecule has 0 bridgehead atoms. The number of nitrogens with one attached hydrogen (secondary N) is 2. The van der Waals surface area contributed by atoms with E-state index in [9.17, 15) is 31.1 Å². The topological polar surface area (TPSA) is 99.0 Å². The second-order valence-corrected chi connectivity index (χ2v) is 9.05. The fraction of sp³-hybridized carbons (Fsp3) is 0.379. The van der Waals surface area contributed by atoms with Gasteiger partial charge in [0.15, 0.2) is 0 Å². The molecule has 42 heavy (non-hydrogen) atoms. The van der Waals surface area contributed by atoms with Crippen LogP contribution in [-0.2, 0) is 11.0 Å². The van der Waals surface area contributed by atoms with Gasteiger partial charge >= 0.3 is 12.4 Å². The molecule has 0 spiro atoms. The Labute approximate surface area is 239 Å². The Morgan fingerprint density at radius 1 is 1.07 bits per heavy atom. The lowest BCUT2D eigenvalue weighted by atomic mass is 9.93. The maximum atomic E-state index is 14.0. The van der Waals surface area contributed by atoms with Crippen LogP contribution in [0.5, 0.6) is 0 Å². The minimum absolute atomic E-state index is 0.0729. The van der Waals surface area contributed by atoms with Crippen LogP contribution in [0.1, 0.15) is 38.7 Å². The largest absolute Gasteiger partial charge is 0.417 e. The Balaban J connectivity index is 0.00000237. The zero-order valence-corrected chi connectivity index (χ0v) is 23.0. The highest BCUT2D eigenvalue weighted by atomic mass is 19.4. The van der Waals surface area contributed by atoms with Crippen molar-refractivity contribution in [2.45, 2.75) is 51.5 Å². The third kappa shape index (κ3) is 8.28. The number of rotatable bonds is 7. The summed E-state index contributed by atoms with van der Waals surface area (Å²) in [5.41, 5.74) is -0.505. The lowest BCUT2D eigenvalue weighted by Crippen LogP contribution is -2.32. The first-order valence-corrected chi connectivity index (χ1v) is 13.3. The monoisotopic (exact) mass is 595 g/mol. The highest BCUT2D eigenvalue weighted by Crippen LogP contribution is 2.39. The fourth-order valence-corrected chi connectivity index (χ4v) is 4.36. The first-order valence-electron chi connectivity index (χ1n) is 13.3.